The summed E-state index contributed by atoms with van der Waals surface area (Å²) in [6.45, 7) is 7.71. The minimum atomic E-state index is 0.771. The molecule has 194 valence electrons. The third-order valence-corrected chi connectivity index (χ3v) is 7.20. The highest BCUT2D eigenvalue weighted by Gasteiger charge is 2.20. The third kappa shape index (κ3) is 5.46. The predicted octanol–water partition coefficient (Wildman–Crippen LogP) is 7.16. The second kappa shape index (κ2) is 11.6. The largest absolute Gasteiger partial charge is 0.497 e. The minimum Gasteiger partial charge on any atom is -0.497 e. The van der Waals surface area contributed by atoms with Crippen LogP contribution >= 0.6 is 0 Å². The molecule has 38 heavy (non-hydrogen) atoms. The molecular formula is C34H35NO3. The van der Waals surface area contributed by atoms with Crippen LogP contribution in [0.25, 0.3) is 11.1 Å². The molecule has 5 rings (SSSR count). The third-order valence-electron chi connectivity index (χ3n) is 7.20. The van der Waals surface area contributed by atoms with Crippen LogP contribution in [-0.2, 0) is 4.74 Å². The number of benzene rings is 4. The quantitative estimate of drug-likeness (QED) is 0.249. The van der Waals surface area contributed by atoms with Gasteiger partial charge in [-0.25, -0.2) is 0 Å². The summed E-state index contributed by atoms with van der Waals surface area (Å²) in [5.74, 6) is 1.68. The molecule has 0 radical (unpaired) electrons. The molecular weight excluding hydrogens is 470 g/mol. The van der Waals surface area contributed by atoms with Gasteiger partial charge < -0.3 is 19.1 Å². The van der Waals surface area contributed by atoms with Crippen LogP contribution in [0, 0.1) is 13.8 Å². The number of anilines is 1. The minimum absolute atomic E-state index is 0.771. The molecule has 0 amide bonds. The Hall–Kier alpha value is -4.02. The lowest BCUT2D eigenvalue weighted by molar-refractivity contribution is 0.122. The molecule has 4 heteroatoms. The number of methoxy groups -OCH3 is 2. The maximum absolute atomic E-state index is 5.58. The second-order valence-electron chi connectivity index (χ2n) is 9.67. The SMILES string of the molecule is COc1ccc(C(=C(c2ccc(OC)cc2)c2ccc(N3CCOCC3)cc2C)c2ccc(C)cc2)cc1. The Labute approximate surface area is 226 Å². The van der Waals surface area contributed by atoms with E-state index < -0.39 is 0 Å². The highest BCUT2D eigenvalue weighted by molar-refractivity contribution is 6.05. The van der Waals surface area contributed by atoms with Gasteiger partial charge in [0.05, 0.1) is 27.4 Å². The summed E-state index contributed by atoms with van der Waals surface area (Å²) >= 11 is 0. The first-order valence-electron chi connectivity index (χ1n) is 13.1. The van der Waals surface area contributed by atoms with Crippen molar-refractivity contribution in [1.29, 1.82) is 0 Å². The lowest BCUT2D eigenvalue weighted by atomic mass is 9.84. The average molecular weight is 506 g/mol. The van der Waals surface area contributed by atoms with Gasteiger partial charge in [-0.2, -0.15) is 0 Å². The maximum atomic E-state index is 5.58. The summed E-state index contributed by atoms with van der Waals surface area (Å²) in [6, 6.07) is 32.4. The van der Waals surface area contributed by atoms with Gasteiger partial charge in [0.2, 0.25) is 0 Å². The Bertz CT molecular complexity index is 1400. The summed E-state index contributed by atoms with van der Waals surface area (Å²) in [6.07, 6.45) is 0. The molecule has 0 bridgehead atoms. The lowest BCUT2D eigenvalue weighted by Crippen LogP contribution is -2.36. The normalized spacial score (nSPS) is 14.2. The Balaban J connectivity index is 1.76. The van der Waals surface area contributed by atoms with Crippen LogP contribution in [0.15, 0.2) is 91.0 Å². The van der Waals surface area contributed by atoms with E-state index in [9.17, 15) is 0 Å². The predicted molar refractivity (Wildman–Crippen MR) is 156 cm³/mol. The molecule has 1 saturated heterocycles. The van der Waals surface area contributed by atoms with E-state index >= 15 is 0 Å². The van der Waals surface area contributed by atoms with Crippen LogP contribution in [0.4, 0.5) is 5.69 Å². The summed E-state index contributed by atoms with van der Waals surface area (Å²) in [7, 11) is 3.41. The van der Waals surface area contributed by atoms with Crippen LogP contribution in [-0.4, -0.2) is 40.5 Å². The van der Waals surface area contributed by atoms with Crippen LogP contribution in [0.3, 0.4) is 0 Å². The summed E-state index contributed by atoms with van der Waals surface area (Å²) in [4.78, 5) is 2.40. The molecule has 0 aromatic heterocycles. The van der Waals surface area contributed by atoms with Crippen molar-refractivity contribution in [3.63, 3.8) is 0 Å². The maximum Gasteiger partial charge on any atom is 0.118 e. The van der Waals surface area contributed by atoms with Crippen LogP contribution in [0.5, 0.6) is 11.5 Å². The van der Waals surface area contributed by atoms with E-state index in [1.54, 1.807) is 14.2 Å². The number of hydrogen-bond acceptors (Lipinski definition) is 4. The highest BCUT2D eigenvalue weighted by atomic mass is 16.5. The van der Waals surface area contributed by atoms with Gasteiger partial charge in [-0.3, -0.25) is 0 Å². The summed E-state index contributed by atoms with van der Waals surface area (Å²) < 4.78 is 16.5. The first kappa shape index (κ1) is 25.6. The smallest absolute Gasteiger partial charge is 0.118 e. The lowest BCUT2D eigenvalue weighted by Gasteiger charge is -2.29. The number of hydrogen-bond donors (Lipinski definition) is 0. The molecule has 0 atom stereocenters. The number of aryl methyl sites for hydroxylation is 2. The van der Waals surface area contributed by atoms with Crippen LogP contribution < -0.4 is 14.4 Å². The topological polar surface area (TPSA) is 30.9 Å². The first-order valence-corrected chi connectivity index (χ1v) is 13.1. The highest BCUT2D eigenvalue weighted by Crippen LogP contribution is 2.40. The number of morpholine rings is 1. The molecule has 0 spiro atoms. The van der Waals surface area contributed by atoms with E-state index in [2.05, 4.69) is 85.5 Å². The molecule has 0 saturated carbocycles. The van der Waals surface area contributed by atoms with Gasteiger partial charge in [0.25, 0.3) is 0 Å². The second-order valence-corrected chi connectivity index (χ2v) is 9.67. The van der Waals surface area contributed by atoms with Gasteiger partial charge in [0, 0.05) is 18.8 Å². The van der Waals surface area contributed by atoms with Crippen molar-refractivity contribution in [3.8, 4) is 11.5 Å². The Morgan fingerprint density at radius 3 is 1.63 bits per heavy atom. The van der Waals surface area contributed by atoms with Crippen molar-refractivity contribution in [2.24, 2.45) is 0 Å². The zero-order chi connectivity index (χ0) is 26.5. The van der Waals surface area contributed by atoms with Gasteiger partial charge in [-0.1, -0.05) is 60.2 Å². The summed E-state index contributed by atoms with van der Waals surface area (Å²) in [5, 5.41) is 0. The molecule has 0 N–H and O–H groups in total. The van der Waals surface area contributed by atoms with E-state index in [1.807, 2.05) is 24.3 Å². The molecule has 0 aliphatic carbocycles. The van der Waals surface area contributed by atoms with Gasteiger partial charge in [0.15, 0.2) is 0 Å². The molecule has 0 unspecified atom stereocenters. The van der Waals surface area contributed by atoms with Gasteiger partial charge in [-0.15, -0.1) is 0 Å². The van der Waals surface area contributed by atoms with E-state index in [-0.39, 0.29) is 0 Å². The van der Waals surface area contributed by atoms with E-state index in [4.69, 9.17) is 14.2 Å². The van der Waals surface area contributed by atoms with Crippen molar-refractivity contribution < 1.29 is 14.2 Å². The van der Waals surface area contributed by atoms with E-state index in [1.165, 1.54) is 39.1 Å². The van der Waals surface area contributed by atoms with Crippen molar-refractivity contribution in [1.82, 2.24) is 0 Å². The van der Waals surface area contributed by atoms with Gasteiger partial charge in [-0.05, 0) is 89.2 Å². The van der Waals surface area contributed by atoms with E-state index in [0.717, 1.165) is 48.9 Å². The fourth-order valence-electron chi connectivity index (χ4n) is 5.07. The van der Waals surface area contributed by atoms with Crippen molar-refractivity contribution >= 4 is 16.8 Å². The average Bonchev–Trinajstić information content (AvgIpc) is 2.97. The monoisotopic (exact) mass is 505 g/mol. The fourth-order valence-corrected chi connectivity index (χ4v) is 5.07. The molecule has 4 nitrogen and oxygen atoms in total. The van der Waals surface area contributed by atoms with Crippen molar-refractivity contribution in [2.45, 2.75) is 13.8 Å². The molecule has 4 aromatic rings. The Morgan fingerprint density at radius 1 is 0.632 bits per heavy atom. The number of ether oxygens (including phenoxy) is 3. The van der Waals surface area contributed by atoms with Gasteiger partial charge >= 0.3 is 0 Å². The standard InChI is InChI=1S/C34H35NO3/c1-24-5-7-26(8-6-24)33(27-9-14-30(36-3)15-10-27)34(28-11-16-31(37-4)17-12-28)32-18-13-29(23-25(32)2)35-19-21-38-22-20-35/h5-18,23H,19-22H2,1-4H3. The summed E-state index contributed by atoms with van der Waals surface area (Å²) in [5.41, 5.74) is 10.7. The van der Waals surface area contributed by atoms with Crippen LogP contribution in [0.2, 0.25) is 0 Å². The molecule has 1 aliphatic heterocycles. The Kier molecular flexibility index (Phi) is 7.81. The molecule has 1 aliphatic rings. The van der Waals surface area contributed by atoms with Crippen LogP contribution in [0.1, 0.15) is 33.4 Å². The van der Waals surface area contributed by atoms with Gasteiger partial charge in [0.1, 0.15) is 11.5 Å². The molecule has 1 heterocycles. The van der Waals surface area contributed by atoms with Crippen molar-refractivity contribution in [3.05, 3.63) is 124 Å². The first-order chi connectivity index (χ1) is 18.6. The number of rotatable bonds is 7. The molecule has 4 aromatic carbocycles. The zero-order valence-corrected chi connectivity index (χ0v) is 22.7. The zero-order valence-electron chi connectivity index (χ0n) is 22.7. The van der Waals surface area contributed by atoms with Crippen molar-refractivity contribution in [2.75, 3.05) is 45.4 Å². The van der Waals surface area contributed by atoms with E-state index in [0.29, 0.717) is 0 Å². The fraction of sp³-hybridized carbons (Fsp3) is 0.235. The number of nitrogens with zero attached hydrogens (tertiary/aromatic N) is 1. The molecule has 1 fully saturated rings. The Morgan fingerprint density at radius 2 is 1.13 bits per heavy atom.